The molecule has 2 aliphatic rings. The lowest BCUT2D eigenvalue weighted by molar-refractivity contribution is -0.127. The van der Waals surface area contributed by atoms with Gasteiger partial charge < -0.3 is 24.8 Å². The molecule has 0 bridgehead atoms. The topological polar surface area (TPSA) is 109 Å². The molecule has 0 unspecified atom stereocenters. The number of rotatable bonds is 8. The second kappa shape index (κ2) is 12.8. The van der Waals surface area contributed by atoms with Crippen LogP contribution in [-0.4, -0.2) is 88.7 Å². The summed E-state index contributed by atoms with van der Waals surface area (Å²) in [5, 5.41) is 3.30. The van der Waals surface area contributed by atoms with Crippen molar-refractivity contribution in [2.24, 2.45) is 5.92 Å². The monoisotopic (exact) mass is 594 g/mol. The van der Waals surface area contributed by atoms with Crippen molar-refractivity contribution in [1.29, 1.82) is 0 Å². The molecular formula is C33H38N8O3. The van der Waals surface area contributed by atoms with Crippen LogP contribution in [0.2, 0.25) is 0 Å². The number of likely N-dealkylation sites (tertiary alicyclic amines) is 1. The molecule has 2 aliphatic heterocycles. The zero-order chi connectivity index (χ0) is 30.6. The first-order valence-corrected chi connectivity index (χ1v) is 15.1. The fourth-order valence-corrected chi connectivity index (χ4v) is 6.02. The summed E-state index contributed by atoms with van der Waals surface area (Å²) in [4.78, 5) is 46.9. The highest BCUT2D eigenvalue weighted by Gasteiger charge is 2.25. The molecule has 2 fully saturated rings. The van der Waals surface area contributed by atoms with E-state index in [0.29, 0.717) is 48.2 Å². The summed E-state index contributed by atoms with van der Waals surface area (Å²) < 4.78 is 7.43. The molecule has 44 heavy (non-hydrogen) atoms. The Labute approximate surface area is 256 Å². The Morgan fingerprint density at radius 1 is 1.09 bits per heavy atom. The molecule has 0 aliphatic carbocycles. The van der Waals surface area contributed by atoms with Crippen molar-refractivity contribution in [2.75, 3.05) is 63.6 Å². The minimum atomic E-state index is -0.227. The SMILES string of the molecule is C=CC(=O)N1CCC[C@@H](Cn2c(=O)c(-c3ccccc3)nc3cnc(Nc4ccc(N5CCN(C)CC5)cc4OC)nc32)C1. The Morgan fingerprint density at radius 3 is 2.64 bits per heavy atom. The van der Waals surface area contributed by atoms with Crippen molar-refractivity contribution in [2.45, 2.75) is 19.4 Å². The summed E-state index contributed by atoms with van der Waals surface area (Å²) >= 11 is 0. The lowest BCUT2D eigenvalue weighted by Gasteiger charge is -2.34. The lowest BCUT2D eigenvalue weighted by atomic mass is 9.97. The van der Waals surface area contributed by atoms with Crippen molar-refractivity contribution >= 4 is 34.4 Å². The molecule has 228 valence electrons. The van der Waals surface area contributed by atoms with Gasteiger partial charge in [-0.3, -0.25) is 14.2 Å². The van der Waals surface area contributed by atoms with Gasteiger partial charge in [-0.25, -0.2) is 9.97 Å². The maximum Gasteiger partial charge on any atom is 0.278 e. The Hall–Kier alpha value is -4.77. The van der Waals surface area contributed by atoms with E-state index in [1.165, 1.54) is 6.08 Å². The molecular weight excluding hydrogens is 556 g/mol. The van der Waals surface area contributed by atoms with Crippen LogP contribution in [0.25, 0.3) is 22.4 Å². The van der Waals surface area contributed by atoms with E-state index in [0.717, 1.165) is 56.0 Å². The quantitative estimate of drug-likeness (QED) is 0.305. The van der Waals surface area contributed by atoms with Crippen LogP contribution in [-0.2, 0) is 11.3 Å². The summed E-state index contributed by atoms with van der Waals surface area (Å²) in [5.41, 5.74) is 3.62. The third-order valence-corrected chi connectivity index (χ3v) is 8.48. The number of hydrogen-bond donors (Lipinski definition) is 1. The van der Waals surface area contributed by atoms with E-state index >= 15 is 0 Å². The maximum atomic E-state index is 14.0. The molecule has 4 heterocycles. The van der Waals surface area contributed by atoms with Gasteiger partial charge in [0.05, 0.1) is 19.0 Å². The number of amides is 1. The number of aromatic nitrogens is 4. The van der Waals surface area contributed by atoms with Crippen LogP contribution in [0, 0.1) is 5.92 Å². The highest BCUT2D eigenvalue weighted by molar-refractivity contribution is 5.87. The highest BCUT2D eigenvalue weighted by atomic mass is 16.5. The van der Waals surface area contributed by atoms with Gasteiger partial charge in [0.1, 0.15) is 17.0 Å². The fourth-order valence-electron chi connectivity index (χ4n) is 6.02. The second-order valence-electron chi connectivity index (χ2n) is 11.4. The lowest BCUT2D eigenvalue weighted by Crippen LogP contribution is -2.44. The van der Waals surface area contributed by atoms with Gasteiger partial charge in [-0.2, -0.15) is 4.98 Å². The number of methoxy groups -OCH3 is 1. The van der Waals surface area contributed by atoms with Gasteiger partial charge in [-0.05, 0) is 44.0 Å². The van der Waals surface area contributed by atoms with E-state index in [4.69, 9.17) is 14.7 Å². The summed E-state index contributed by atoms with van der Waals surface area (Å²) in [6, 6.07) is 15.5. The standard InChI is InChI=1S/C33H38N8O3/c1-4-29(42)40-14-8-9-23(21-40)22-41-31-27(35-30(32(41)43)24-10-6-5-7-11-24)20-34-33(37-31)36-26-13-12-25(19-28(26)44-3)39-17-15-38(2)16-18-39/h4-7,10-13,19-20,23H,1,8-9,14-18,21-22H2,2-3H3,(H,34,36,37)/t23-/m1/s1. The average molecular weight is 595 g/mol. The fraction of sp³-hybridized carbons (Fsp3) is 0.364. The van der Waals surface area contributed by atoms with Crippen molar-refractivity contribution in [1.82, 2.24) is 29.3 Å². The zero-order valence-electron chi connectivity index (χ0n) is 25.3. The van der Waals surface area contributed by atoms with E-state index in [1.54, 1.807) is 22.8 Å². The molecule has 1 atom stereocenters. The maximum absolute atomic E-state index is 14.0. The van der Waals surface area contributed by atoms with Crippen LogP contribution in [0.15, 0.2) is 72.2 Å². The van der Waals surface area contributed by atoms with Crippen LogP contribution < -0.4 is 20.5 Å². The van der Waals surface area contributed by atoms with Gasteiger partial charge in [0, 0.05) is 63.1 Å². The van der Waals surface area contributed by atoms with Crippen molar-refractivity contribution < 1.29 is 9.53 Å². The molecule has 1 amide bonds. The molecule has 6 rings (SSSR count). The number of ether oxygens (including phenoxy) is 1. The van der Waals surface area contributed by atoms with E-state index in [-0.39, 0.29) is 17.4 Å². The predicted octanol–water partition coefficient (Wildman–Crippen LogP) is 3.78. The number of anilines is 3. The number of carbonyl (C=O) groups excluding carboxylic acids is 1. The number of piperazine rings is 1. The highest BCUT2D eigenvalue weighted by Crippen LogP contribution is 2.32. The molecule has 0 saturated carbocycles. The van der Waals surface area contributed by atoms with Gasteiger partial charge in [0.2, 0.25) is 11.9 Å². The Morgan fingerprint density at radius 2 is 1.89 bits per heavy atom. The first kappa shape index (κ1) is 29.3. The van der Waals surface area contributed by atoms with Crippen molar-refractivity contribution in [3.63, 3.8) is 0 Å². The molecule has 2 aromatic heterocycles. The zero-order valence-corrected chi connectivity index (χ0v) is 25.3. The Kier molecular flexibility index (Phi) is 8.56. The van der Waals surface area contributed by atoms with Crippen LogP contribution in [0.3, 0.4) is 0 Å². The third-order valence-electron chi connectivity index (χ3n) is 8.48. The molecule has 0 spiro atoms. The minimum Gasteiger partial charge on any atom is -0.494 e. The molecule has 1 N–H and O–H groups in total. The van der Waals surface area contributed by atoms with Crippen molar-refractivity contribution in [3.8, 4) is 17.0 Å². The van der Waals surface area contributed by atoms with E-state index in [1.807, 2.05) is 42.5 Å². The molecule has 2 aromatic carbocycles. The van der Waals surface area contributed by atoms with Crippen LogP contribution in [0.4, 0.5) is 17.3 Å². The van der Waals surface area contributed by atoms with Gasteiger partial charge >= 0.3 is 0 Å². The number of piperidine rings is 1. The number of nitrogens with zero attached hydrogens (tertiary/aromatic N) is 7. The van der Waals surface area contributed by atoms with Gasteiger partial charge in [0.15, 0.2) is 5.65 Å². The Bertz CT molecular complexity index is 1720. The summed E-state index contributed by atoms with van der Waals surface area (Å²) in [7, 11) is 3.78. The number of benzene rings is 2. The van der Waals surface area contributed by atoms with E-state index in [9.17, 15) is 9.59 Å². The summed E-state index contributed by atoms with van der Waals surface area (Å²) in [5.74, 6) is 0.994. The largest absolute Gasteiger partial charge is 0.494 e. The van der Waals surface area contributed by atoms with Gasteiger partial charge in [-0.15, -0.1) is 0 Å². The molecule has 2 saturated heterocycles. The number of nitrogens with one attached hydrogen (secondary N) is 1. The number of hydrogen-bond acceptors (Lipinski definition) is 9. The van der Waals surface area contributed by atoms with Crippen LogP contribution in [0.1, 0.15) is 12.8 Å². The smallest absolute Gasteiger partial charge is 0.278 e. The molecule has 11 heteroatoms. The number of fused-ring (bicyclic) bond motifs is 1. The average Bonchev–Trinajstić information content (AvgIpc) is 3.06. The molecule has 0 radical (unpaired) electrons. The molecule has 4 aromatic rings. The first-order valence-electron chi connectivity index (χ1n) is 15.1. The van der Waals surface area contributed by atoms with Gasteiger partial charge in [0.25, 0.3) is 5.56 Å². The first-order chi connectivity index (χ1) is 21.4. The van der Waals surface area contributed by atoms with E-state index < -0.39 is 0 Å². The number of carbonyl (C=O) groups is 1. The predicted molar refractivity (Wildman–Crippen MR) is 173 cm³/mol. The van der Waals surface area contributed by atoms with Crippen LogP contribution in [0.5, 0.6) is 5.75 Å². The van der Waals surface area contributed by atoms with Crippen LogP contribution >= 0.6 is 0 Å². The van der Waals surface area contributed by atoms with Gasteiger partial charge in [-0.1, -0.05) is 36.9 Å². The Balaban J connectivity index is 1.35. The van der Waals surface area contributed by atoms with Crippen molar-refractivity contribution in [3.05, 3.63) is 77.7 Å². The summed E-state index contributed by atoms with van der Waals surface area (Å²) in [6.07, 6.45) is 4.75. The number of likely N-dealkylation sites (N-methyl/N-ethyl adjacent to an activating group) is 1. The second-order valence-corrected chi connectivity index (χ2v) is 11.4. The van der Waals surface area contributed by atoms with E-state index in [2.05, 4.69) is 39.8 Å². The molecule has 11 nitrogen and oxygen atoms in total. The third kappa shape index (κ3) is 6.14. The summed E-state index contributed by atoms with van der Waals surface area (Å²) in [6.45, 7) is 9.21. The normalized spacial score (nSPS) is 17.5. The minimum absolute atomic E-state index is 0.0770.